The molecular formula is C22H17N3O. The molecule has 0 N–H and O–H groups in total. The van der Waals surface area contributed by atoms with Crippen LogP contribution in [-0.4, -0.2) is 25.4 Å². The molecule has 1 heterocycles. The summed E-state index contributed by atoms with van der Waals surface area (Å²) >= 11 is 0. The Morgan fingerprint density at radius 1 is 0.769 bits per heavy atom. The van der Waals surface area contributed by atoms with Crippen LogP contribution in [0.1, 0.15) is 11.1 Å². The number of hydrogen-bond donors (Lipinski definition) is 0. The van der Waals surface area contributed by atoms with E-state index >= 15 is 0 Å². The van der Waals surface area contributed by atoms with Crippen LogP contribution in [0.2, 0.25) is 0 Å². The van der Waals surface area contributed by atoms with Crippen molar-refractivity contribution in [3.05, 3.63) is 83.9 Å². The maximum Gasteiger partial charge on any atom is 0.161 e. The molecule has 0 atom stereocenters. The second kappa shape index (κ2) is 6.76. The maximum absolute atomic E-state index is 5.96. The standard InChI is InChI=1S/C22H17N3O/c1-23-21(15-8-4-3-5-9-15)25-22(24-2)16-12-13-18-17-10-6-7-11-19(17)26-20(18)14-16/h3-14H,2H2,1H3/b23-21-,25-22-. The number of amidine groups is 2. The van der Waals surface area contributed by atoms with Crippen molar-refractivity contribution in [2.75, 3.05) is 7.05 Å². The Hall–Kier alpha value is -3.53. The summed E-state index contributed by atoms with van der Waals surface area (Å²) in [6.07, 6.45) is 0. The Labute approximate surface area is 151 Å². The number of furan rings is 1. The smallest absolute Gasteiger partial charge is 0.161 e. The van der Waals surface area contributed by atoms with E-state index < -0.39 is 0 Å². The first kappa shape index (κ1) is 16.0. The topological polar surface area (TPSA) is 50.2 Å². The number of nitrogens with zero attached hydrogens (tertiary/aromatic N) is 3. The highest BCUT2D eigenvalue weighted by atomic mass is 16.3. The van der Waals surface area contributed by atoms with E-state index in [-0.39, 0.29) is 0 Å². The lowest BCUT2D eigenvalue weighted by Crippen LogP contribution is -2.04. The summed E-state index contributed by atoms with van der Waals surface area (Å²) in [5.41, 5.74) is 3.43. The minimum absolute atomic E-state index is 0.511. The van der Waals surface area contributed by atoms with Gasteiger partial charge in [0.05, 0.1) is 0 Å². The van der Waals surface area contributed by atoms with Gasteiger partial charge in [-0.25, -0.2) is 9.98 Å². The molecule has 0 aliphatic carbocycles. The number of benzene rings is 3. The van der Waals surface area contributed by atoms with Gasteiger partial charge in [0.15, 0.2) is 11.7 Å². The first-order chi connectivity index (χ1) is 12.8. The van der Waals surface area contributed by atoms with Gasteiger partial charge in [-0.2, -0.15) is 0 Å². The van der Waals surface area contributed by atoms with Crippen LogP contribution in [0.3, 0.4) is 0 Å². The summed E-state index contributed by atoms with van der Waals surface area (Å²) in [4.78, 5) is 13.0. The predicted octanol–water partition coefficient (Wildman–Crippen LogP) is 5.11. The van der Waals surface area contributed by atoms with Crippen LogP contribution in [-0.2, 0) is 0 Å². The average molecular weight is 339 g/mol. The third-order valence-corrected chi connectivity index (χ3v) is 4.24. The zero-order chi connectivity index (χ0) is 17.9. The molecule has 4 heteroatoms. The van der Waals surface area contributed by atoms with Crippen LogP contribution in [0.4, 0.5) is 0 Å². The zero-order valence-electron chi connectivity index (χ0n) is 14.4. The van der Waals surface area contributed by atoms with Gasteiger partial charge in [0.2, 0.25) is 0 Å². The Balaban J connectivity index is 1.81. The summed E-state index contributed by atoms with van der Waals surface area (Å²) in [5, 5.41) is 2.17. The van der Waals surface area contributed by atoms with E-state index in [1.54, 1.807) is 7.05 Å². The molecule has 0 amide bonds. The number of hydrogen-bond acceptors (Lipinski definition) is 2. The van der Waals surface area contributed by atoms with Crippen molar-refractivity contribution in [1.29, 1.82) is 0 Å². The van der Waals surface area contributed by atoms with E-state index in [0.29, 0.717) is 11.7 Å². The van der Waals surface area contributed by atoms with Crippen LogP contribution in [0, 0.1) is 0 Å². The molecule has 0 unspecified atom stereocenters. The molecule has 0 radical (unpaired) electrons. The predicted molar refractivity (Wildman–Crippen MR) is 109 cm³/mol. The van der Waals surface area contributed by atoms with Gasteiger partial charge in [-0.15, -0.1) is 0 Å². The summed E-state index contributed by atoms with van der Waals surface area (Å²) in [6.45, 7) is 3.67. The van der Waals surface area contributed by atoms with Crippen molar-refractivity contribution in [2.45, 2.75) is 0 Å². The minimum atomic E-state index is 0.511. The molecule has 0 spiro atoms. The van der Waals surface area contributed by atoms with E-state index in [0.717, 1.165) is 33.1 Å². The fraction of sp³-hybridized carbons (Fsp3) is 0.0455. The van der Waals surface area contributed by atoms with E-state index in [9.17, 15) is 0 Å². The van der Waals surface area contributed by atoms with Crippen molar-refractivity contribution < 1.29 is 4.42 Å². The largest absolute Gasteiger partial charge is 0.456 e. The fourth-order valence-corrected chi connectivity index (χ4v) is 2.99. The fourth-order valence-electron chi connectivity index (χ4n) is 2.99. The third kappa shape index (κ3) is 2.82. The molecule has 126 valence electrons. The Kier molecular flexibility index (Phi) is 4.15. The van der Waals surface area contributed by atoms with Gasteiger partial charge < -0.3 is 4.42 Å². The maximum atomic E-state index is 5.96. The number of para-hydroxylation sites is 1. The van der Waals surface area contributed by atoms with E-state index in [2.05, 4.69) is 27.8 Å². The lowest BCUT2D eigenvalue weighted by Gasteiger charge is -2.04. The molecule has 26 heavy (non-hydrogen) atoms. The van der Waals surface area contributed by atoms with E-state index in [1.165, 1.54) is 0 Å². The highest BCUT2D eigenvalue weighted by molar-refractivity contribution is 6.14. The molecule has 0 aliphatic heterocycles. The Morgan fingerprint density at radius 2 is 1.50 bits per heavy atom. The van der Waals surface area contributed by atoms with Crippen LogP contribution >= 0.6 is 0 Å². The van der Waals surface area contributed by atoms with Crippen molar-refractivity contribution in [3.8, 4) is 0 Å². The van der Waals surface area contributed by atoms with Gasteiger partial charge >= 0.3 is 0 Å². The highest BCUT2D eigenvalue weighted by Gasteiger charge is 2.10. The molecule has 0 fully saturated rings. The second-order valence-electron chi connectivity index (χ2n) is 5.82. The molecule has 0 saturated carbocycles. The van der Waals surface area contributed by atoms with E-state index in [1.807, 2.05) is 66.7 Å². The molecule has 0 saturated heterocycles. The van der Waals surface area contributed by atoms with Crippen molar-refractivity contribution in [2.24, 2.45) is 15.0 Å². The molecule has 4 aromatic rings. The summed E-state index contributed by atoms with van der Waals surface area (Å²) in [7, 11) is 1.72. The second-order valence-corrected chi connectivity index (χ2v) is 5.82. The summed E-state index contributed by atoms with van der Waals surface area (Å²) in [5.74, 6) is 1.12. The van der Waals surface area contributed by atoms with Gasteiger partial charge in [-0.3, -0.25) is 4.99 Å². The number of fused-ring (bicyclic) bond motifs is 3. The minimum Gasteiger partial charge on any atom is -0.456 e. The average Bonchev–Trinajstić information content (AvgIpc) is 3.07. The molecule has 1 aromatic heterocycles. The Bertz CT molecular complexity index is 1150. The van der Waals surface area contributed by atoms with Gasteiger partial charge in [0.25, 0.3) is 0 Å². The summed E-state index contributed by atoms with van der Waals surface area (Å²) < 4.78 is 5.96. The first-order valence-electron chi connectivity index (χ1n) is 8.29. The lowest BCUT2D eigenvalue weighted by molar-refractivity contribution is 0.669. The van der Waals surface area contributed by atoms with Gasteiger partial charge in [-0.05, 0) is 24.9 Å². The zero-order valence-corrected chi connectivity index (χ0v) is 14.4. The van der Waals surface area contributed by atoms with Crippen LogP contribution in [0.5, 0.6) is 0 Å². The van der Waals surface area contributed by atoms with Crippen molar-refractivity contribution in [3.63, 3.8) is 0 Å². The Morgan fingerprint density at radius 3 is 2.27 bits per heavy atom. The summed E-state index contributed by atoms with van der Waals surface area (Å²) in [6, 6.07) is 23.8. The molecule has 0 aliphatic rings. The monoisotopic (exact) mass is 339 g/mol. The van der Waals surface area contributed by atoms with Crippen LogP contribution in [0.15, 0.2) is 92.2 Å². The molecular weight excluding hydrogens is 322 g/mol. The number of rotatable bonds is 2. The van der Waals surface area contributed by atoms with Gasteiger partial charge in [0.1, 0.15) is 11.2 Å². The quantitative estimate of drug-likeness (QED) is 0.370. The number of aliphatic imine (C=N–C) groups is 3. The highest BCUT2D eigenvalue weighted by Crippen LogP contribution is 2.29. The first-order valence-corrected chi connectivity index (χ1v) is 8.29. The van der Waals surface area contributed by atoms with Crippen molar-refractivity contribution >= 4 is 40.3 Å². The molecule has 0 bridgehead atoms. The molecule has 4 rings (SSSR count). The van der Waals surface area contributed by atoms with E-state index in [4.69, 9.17) is 4.42 Å². The van der Waals surface area contributed by atoms with Gasteiger partial charge in [-0.1, -0.05) is 54.6 Å². The van der Waals surface area contributed by atoms with Crippen LogP contribution < -0.4 is 0 Å². The SMILES string of the molecule is C=N/C(=N\C(=N/C)c1ccccc1)c1ccc2c(c1)oc1ccccc12. The van der Waals surface area contributed by atoms with Gasteiger partial charge in [0, 0.05) is 28.9 Å². The molecule has 4 nitrogen and oxygen atoms in total. The third-order valence-electron chi connectivity index (χ3n) is 4.24. The normalized spacial score (nSPS) is 12.7. The van der Waals surface area contributed by atoms with Crippen LogP contribution in [0.25, 0.3) is 21.9 Å². The molecule has 3 aromatic carbocycles. The van der Waals surface area contributed by atoms with Crippen molar-refractivity contribution in [1.82, 2.24) is 0 Å². The lowest BCUT2D eigenvalue weighted by atomic mass is 10.1.